The molecule has 0 aromatic heterocycles. The Kier molecular flexibility index (Phi) is 2.00. The lowest BCUT2D eigenvalue weighted by Gasteiger charge is -2.22. The van der Waals surface area contributed by atoms with E-state index >= 15 is 0 Å². The monoisotopic (exact) mass is 215 g/mol. The molecule has 2 atom stereocenters. The van der Waals surface area contributed by atoms with Crippen molar-refractivity contribution >= 4 is 0 Å². The van der Waals surface area contributed by atoms with Gasteiger partial charge in [-0.25, -0.2) is 0 Å². The molecule has 2 bridgehead atoms. The van der Waals surface area contributed by atoms with E-state index in [-0.39, 0.29) is 0 Å². The first kappa shape index (κ1) is 10.3. The van der Waals surface area contributed by atoms with Crippen LogP contribution in [0.3, 0.4) is 0 Å². The Labute approximate surface area is 98.5 Å². The highest BCUT2D eigenvalue weighted by atomic mass is 15.2. The van der Waals surface area contributed by atoms with Crippen LogP contribution in [0.15, 0.2) is 0 Å². The fourth-order valence-corrected chi connectivity index (χ4v) is 3.87. The highest BCUT2D eigenvalue weighted by Crippen LogP contribution is 2.55. The van der Waals surface area contributed by atoms with Crippen LogP contribution < -0.4 is 0 Å². The third-order valence-electron chi connectivity index (χ3n) is 5.15. The summed E-state index contributed by atoms with van der Waals surface area (Å²) in [5, 5.41) is 0. The van der Waals surface area contributed by atoms with E-state index in [1.165, 1.54) is 24.0 Å². The van der Waals surface area contributed by atoms with Crippen LogP contribution in [0.5, 0.6) is 0 Å². The molecule has 0 spiro atoms. The molecular weight excluding hydrogens is 194 g/mol. The second kappa shape index (κ2) is 3.10. The number of nitrogens with zero attached hydrogens (tertiary/aromatic N) is 1. The van der Waals surface area contributed by atoms with Crippen molar-refractivity contribution in [1.29, 1.82) is 0 Å². The van der Waals surface area contributed by atoms with Crippen molar-refractivity contribution in [2.75, 3.05) is 7.05 Å². The minimum absolute atomic E-state index is 0.706. The van der Waals surface area contributed by atoms with Crippen LogP contribution in [0.1, 0.15) is 58.3 Å². The summed E-state index contributed by atoms with van der Waals surface area (Å²) in [4.78, 5) is 2.59. The van der Waals surface area contributed by atoms with Gasteiger partial charge in [-0.1, -0.05) is 0 Å². The van der Waals surface area contributed by atoms with E-state index in [9.17, 15) is 0 Å². The Bertz CT molecular complexity index is 430. The first-order chi connectivity index (χ1) is 7.54. The van der Waals surface area contributed by atoms with Crippen molar-refractivity contribution in [3.05, 3.63) is 33.4 Å². The number of fused-ring (bicyclic) bond motifs is 5. The van der Waals surface area contributed by atoms with Gasteiger partial charge in [0.1, 0.15) is 0 Å². The molecule has 2 aliphatic heterocycles. The highest BCUT2D eigenvalue weighted by Gasteiger charge is 2.43. The summed E-state index contributed by atoms with van der Waals surface area (Å²) >= 11 is 0. The molecule has 1 nitrogen and oxygen atoms in total. The standard InChI is InChI=1S/C15H21N/c1-8-9(2)11(4)15-13-7-6-12(16(13)5)14(15)10(8)3/h12-13H,6-7H2,1-5H3. The van der Waals surface area contributed by atoms with Gasteiger partial charge in [0.25, 0.3) is 0 Å². The Morgan fingerprint density at radius 2 is 1.12 bits per heavy atom. The Morgan fingerprint density at radius 3 is 1.50 bits per heavy atom. The highest BCUT2D eigenvalue weighted by molar-refractivity contribution is 5.55. The molecule has 86 valence electrons. The van der Waals surface area contributed by atoms with E-state index in [1.54, 1.807) is 22.3 Å². The zero-order chi connectivity index (χ0) is 11.6. The quantitative estimate of drug-likeness (QED) is 0.637. The van der Waals surface area contributed by atoms with Crippen molar-refractivity contribution in [1.82, 2.24) is 4.90 Å². The van der Waals surface area contributed by atoms with Crippen LogP contribution in [0, 0.1) is 27.7 Å². The zero-order valence-electron chi connectivity index (χ0n) is 11.0. The van der Waals surface area contributed by atoms with Gasteiger partial charge < -0.3 is 0 Å². The van der Waals surface area contributed by atoms with Gasteiger partial charge in [-0.2, -0.15) is 0 Å². The maximum absolute atomic E-state index is 2.59. The fourth-order valence-electron chi connectivity index (χ4n) is 3.87. The predicted molar refractivity (Wildman–Crippen MR) is 67.9 cm³/mol. The van der Waals surface area contributed by atoms with Gasteiger partial charge in [-0.05, 0) is 81.0 Å². The average molecular weight is 215 g/mol. The van der Waals surface area contributed by atoms with Gasteiger partial charge in [-0.15, -0.1) is 0 Å². The largest absolute Gasteiger partial charge is 0.292 e. The van der Waals surface area contributed by atoms with Crippen LogP contribution in [0.2, 0.25) is 0 Å². The molecule has 0 aliphatic carbocycles. The molecule has 2 heterocycles. The maximum Gasteiger partial charge on any atom is 0.0358 e. The summed E-state index contributed by atoms with van der Waals surface area (Å²) in [6, 6.07) is 1.41. The van der Waals surface area contributed by atoms with E-state index in [4.69, 9.17) is 0 Å². The van der Waals surface area contributed by atoms with Crippen LogP contribution in [0.4, 0.5) is 0 Å². The molecule has 2 unspecified atom stereocenters. The summed E-state index contributed by atoms with van der Waals surface area (Å²) in [5.41, 5.74) is 9.46. The lowest BCUT2D eigenvalue weighted by atomic mass is 9.81. The topological polar surface area (TPSA) is 3.24 Å². The smallest absolute Gasteiger partial charge is 0.0358 e. The van der Waals surface area contributed by atoms with Crippen LogP contribution in [-0.4, -0.2) is 11.9 Å². The number of benzene rings is 1. The molecule has 16 heavy (non-hydrogen) atoms. The third-order valence-corrected chi connectivity index (χ3v) is 5.15. The van der Waals surface area contributed by atoms with Crippen LogP contribution in [-0.2, 0) is 0 Å². The first-order valence-electron chi connectivity index (χ1n) is 6.36. The predicted octanol–water partition coefficient (Wildman–Crippen LogP) is 3.74. The van der Waals surface area contributed by atoms with Crippen molar-refractivity contribution in [3.8, 4) is 0 Å². The molecule has 1 aromatic carbocycles. The van der Waals surface area contributed by atoms with Crippen molar-refractivity contribution in [2.45, 2.75) is 52.6 Å². The summed E-state index contributed by atoms with van der Waals surface area (Å²) in [6.07, 6.45) is 2.72. The minimum atomic E-state index is 0.706. The SMILES string of the molecule is Cc1c(C)c(C)c2c(c1C)C1CCC2N1C. The maximum atomic E-state index is 2.59. The van der Waals surface area contributed by atoms with E-state index < -0.39 is 0 Å². The molecule has 1 heteroatoms. The lowest BCUT2D eigenvalue weighted by molar-refractivity contribution is 0.279. The average Bonchev–Trinajstić information content (AvgIpc) is 2.77. The van der Waals surface area contributed by atoms with Crippen LogP contribution >= 0.6 is 0 Å². The number of hydrogen-bond acceptors (Lipinski definition) is 1. The minimum Gasteiger partial charge on any atom is -0.292 e. The molecule has 0 N–H and O–H groups in total. The molecule has 0 amide bonds. The second-order valence-corrected chi connectivity index (χ2v) is 5.60. The van der Waals surface area contributed by atoms with E-state index in [2.05, 4.69) is 39.6 Å². The van der Waals surface area contributed by atoms with E-state index in [0.29, 0.717) is 12.1 Å². The van der Waals surface area contributed by atoms with Gasteiger partial charge in [-0.3, -0.25) is 4.90 Å². The fraction of sp³-hybridized carbons (Fsp3) is 0.600. The van der Waals surface area contributed by atoms with Gasteiger partial charge in [0.2, 0.25) is 0 Å². The van der Waals surface area contributed by atoms with Gasteiger partial charge >= 0.3 is 0 Å². The van der Waals surface area contributed by atoms with Gasteiger partial charge in [0, 0.05) is 12.1 Å². The molecule has 1 fully saturated rings. The second-order valence-electron chi connectivity index (χ2n) is 5.60. The normalized spacial score (nSPS) is 27.6. The van der Waals surface area contributed by atoms with Crippen LogP contribution in [0.25, 0.3) is 0 Å². The Morgan fingerprint density at radius 1 is 0.750 bits per heavy atom. The summed E-state index contributed by atoms with van der Waals surface area (Å²) < 4.78 is 0. The van der Waals surface area contributed by atoms with E-state index in [1.807, 2.05) is 0 Å². The zero-order valence-corrected chi connectivity index (χ0v) is 11.0. The Hall–Kier alpha value is -0.820. The number of hydrogen-bond donors (Lipinski definition) is 0. The molecule has 3 rings (SSSR count). The molecule has 2 aliphatic rings. The molecule has 0 radical (unpaired) electrons. The molecular formula is C15H21N. The molecule has 1 aromatic rings. The third kappa shape index (κ3) is 1.00. The van der Waals surface area contributed by atoms with Crippen molar-refractivity contribution < 1.29 is 0 Å². The number of rotatable bonds is 0. The first-order valence-corrected chi connectivity index (χ1v) is 6.36. The Balaban J connectivity index is 2.35. The summed E-state index contributed by atoms with van der Waals surface area (Å²) in [5.74, 6) is 0. The summed E-state index contributed by atoms with van der Waals surface area (Å²) in [6.45, 7) is 9.19. The van der Waals surface area contributed by atoms with E-state index in [0.717, 1.165) is 0 Å². The molecule has 1 saturated heterocycles. The van der Waals surface area contributed by atoms with Gasteiger partial charge in [0.05, 0.1) is 0 Å². The summed E-state index contributed by atoms with van der Waals surface area (Å²) in [7, 11) is 2.30. The lowest BCUT2D eigenvalue weighted by Crippen LogP contribution is -2.12. The van der Waals surface area contributed by atoms with Crippen molar-refractivity contribution in [2.24, 2.45) is 0 Å². The van der Waals surface area contributed by atoms with Crippen molar-refractivity contribution in [3.63, 3.8) is 0 Å². The van der Waals surface area contributed by atoms with Gasteiger partial charge in [0.15, 0.2) is 0 Å². The molecule has 0 saturated carbocycles.